The summed E-state index contributed by atoms with van der Waals surface area (Å²) in [6, 6.07) is 19.9. The van der Waals surface area contributed by atoms with E-state index in [1.165, 1.54) is 19.1 Å². The number of nitrogens with one attached hydrogen (secondary N) is 2. The number of carboxylic acids is 1. The van der Waals surface area contributed by atoms with Gasteiger partial charge in [0.25, 0.3) is 0 Å². The average molecular weight is 475 g/mol. The van der Waals surface area contributed by atoms with E-state index in [1.54, 1.807) is 12.1 Å². The first-order valence-corrected chi connectivity index (χ1v) is 11.3. The highest BCUT2D eigenvalue weighted by Gasteiger charge is 2.30. The molecule has 1 aliphatic rings. The molecule has 180 valence electrons. The van der Waals surface area contributed by atoms with Crippen molar-refractivity contribution in [2.75, 3.05) is 6.61 Å². The highest BCUT2D eigenvalue weighted by Crippen LogP contribution is 2.44. The molecule has 0 radical (unpaired) electrons. The van der Waals surface area contributed by atoms with E-state index in [2.05, 4.69) is 10.6 Å². The Morgan fingerprint density at radius 2 is 1.46 bits per heavy atom. The first-order chi connectivity index (χ1) is 16.8. The lowest BCUT2D eigenvalue weighted by atomic mass is 9.98. The summed E-state index contributed by atoms with van der Waals surface area (Å²) in [5.41, 5.74) is 5.00. The zero-order chi connectivity index (χ0) is 24.9. The van der Waals surface area contributed by atoms with Crippen LogP contribution < -0.4 is 10.6 Å². The summed E-state index contributed by atoms with van der Waals surface area (Å²) in [7, 11) is 0. The van der Waals surface area contributed by atoms with Gasteiger partial charge in [-0.2, -0.15) is 0 Å². The number of hydrogen-bond acceptors (Lipinski definition) is 5. The van der Waals surface area contributed by atoms with Gasteiger partial charge in [-0.15, -0.1) is 0 Å². The van der Waals surface area contributed by atoms with E-state index in [0.717, 1.165) is 22.3 Å². The third-order valence-corrected chi connectivity index (χ3v) is 6.06. The molecule has 0 aromatic heterocycles. The van der Waals surface area contributed by atoms with Crippen LogP contribution in [0.4, 0.5) is 4.79 Å². The van der Waals surface area contributed by atoms with E-state index in [9.17, 15) is 19.5 Å². The lowest BCUT2D eigenvalue weighted by Gasteiger charge is -2.21. The first-order valence-electron chi connectivity index (χ1n) is 11.3. The first kappa shape index (κ1) is 23.8. The normalized spacial score (nSPS) is 13.7. The second kappa shape index (κ2) is 10.3. The van der Waals surface area contributed by atoms with Gasteiger partial charge in [-0.1, -0.05) is 60.7 Å². The fourth-order valence-electron chi connectivity index (χ4n) is 4.24. The van der Waals surface area contributed by atoms with Crippen LogP contribution in [0.25, 0.3) is 11.1 Å². The average Bonchev–Trinajstić information content (AvgIpc) is 3.17. The van der Waals surface area contributed by atoms with Gasteiger partial charge in [-0.05, 0) is 46.9 Å². The largest absolute Gasteiger partial charge is 0.508 e. The molecule has 4 N–H and O–H groups in total. The molecule has 35 heavy (non-hydrogen) atoms. The number of carbonyl (C=O) groups is 3. The lowest BCUT2D eigenvalue weighted by Crippen LogP contribution is -2.51. The standard InChI is InChI=1S/C27H26N2O6/c1-16(26(32)33)28-25(31)24(14-17-10-12-18(30)13-11-17)29-27(34)35-15-23-21-8-4-2-6-19(21)20-7-3-5-9-22(20)23/h2-13,16,23-24,30H,14-15H2,1H3,(H,28,31)(H,29,34)(H,32,33)/t16?,24-/m1/s1. The number of aromatic hydroxyl groups is 1. The summed E-state index contributed by atoms with van der Waals surface area (Å²) in [6.07, 6.45) is -0.698. The molecule has 0 saturated carbocycles. The maximum absolute atomic E-state index is 12.8. The maximum Gasteiger partial charge on any atom is 0.407 e. The predicted octanol–water partition coefficient (Wildman–Crippen LogP) is 3.43. The van der Waals surface area contributed by atoms with Crippen LogP contribution in [0, 0.1) is 0 Å². The zero-order valence-corrected chi connectivity index (χ0v) is 19.1. The summed E-state index contributed by atoms with van der Waals surface area (Å²) in [4.78, 5) is 36.7. The van der Waals surface area contributed by atoms with Crippen molar-refractivity contribution in [2.45, 2.75) is 31.3 Å². The number of ether oxygens (including phenoxy) is 1. The Morgan fingerprint density at radius 3 is 2.03 bits per heavy atom. The fraction of sp³-hybridized carbons (Fsp3) is 0.222. The summed E-state index contributed by atoms with van der Waals surface area (Å²) in [5, 5.41) is 23.6. The van der Waals surface area contributed by atoms with Gasteiger partial charge >= 0.3 is 12.1 Å². The SMILES string of the molecule is CC(NC(=O)[C@@H](Cc1ccc(O)cc1)NC(=O)OCC1c2ccccc2-c2ccccc21)C(=O)O. The highest BCUT2D eigenvalue weighted by atomic mass is 16.5. The Hall–Kier alpha value is -4.33. The lowest BCUT2D eigenvalue weighted by molar-refractivity contribution is -0.141. The Bertz CT molecular complexity index is 1190. The molecule has 0 saturated heterocycles. The van der Waals surface area contributed by atoms with Crippen molar-refractivity contribution in [1.29, 1.82) is 0 Å². The van der Waals surface area contributed by atoms with Crippen LogP contribution in [0.2, 0.25) is 0 Å². The van der Waals surface area contributed by atoms with Crippen molar-refractivity contribution < 1.29 is 29.3 Å². The Kier molecular flexibility index (Phi) is 7.01. The summed E-state index contributed by atoms with van der Waals surface area (Å²) in [6.45, 7) is 1.42. The third kappa shape index (κ3) is 5.43. The number of phenolic OH excluding ortho intramolecular Hbond substituents is 1. The minimum atomic E-state index is -1.19. The number of rotatable bonds is 8. The monoisotopic (exact) mass is 474 g/mol. The van der Waals surface area contributed by atoms with Crippen LogP contribution in [-0.4, -0.2) is 46.9 Å². The molecule has 1 aliphatic carbocycles. The number of aliphatic carboxylic acids is 1. The van der Waals surface area contributed by atoms with Crippen molar-refractivity contribution >= 4 is 18.0 Å². The molecule has 1 unspecified atom stereocenters. The van der Waals surface area contributed by atoms with Gasteiger partial charge in [0.2, 0.25) is 5.91 Å². The zero-order valence-electron chi connectivity index (χ0n) is 19.1. The number of hydrogen-bond donors (Lipinski definition) is 4. The van der Waals surface area contributed by atoms with Crippen molar-refractivity contribution in [3.8, 4) is 16.9 Å². The molecular formula is C27H26N2O6. The van der Waals surface area contributed by atoms with E-state index in [0.29, 0.717) is 5.56 Å². The minimum absolute atomic E-state index is 0.0683. The van der Waals surface area contributed by atoms with Crippen LogP contribution in [-0.2, 0) is 20.7 Å². The minimum Gasteiger partial charge on any atom is -0.508 e. The smallest absolute Gasteiger partial charge is 0.407 e. The Labute approximate surface area is 202 Å². The van der Waals surface area contributed by atoms with Crippen molar-refractivity contribution in [2.24, 2.45) is 0 Å². The molecule has 3 aromatic carbocycles. The van der Waals surface area contributed by atoms with Crippen molar-refractivity contribution in [3.05, 3.63) is 89.5 Å². The topological polar surface area (TPSA) is 125 Å². The molecule has 0 fully saturated rings. The summed E-state index contributed by atoms with van der Waals surface area (Å²) in [5.74, 6) is -1.91. The quantitative estimate of drug-likeness (QED) is 0.396. The maximum atomic E-state index is 12.8. The number of alkyl carbamates (subject to hydrolysis) is 1. The molecule has 8 nitrogen and oxygen atoms in total. The van der Waals surface area contributed by atoms with Crippen LogP contribution in [0.5, 0.6) is 5.75 Å². The second-order valence-electron chi connectivity index (χ2n) is 8.46. The summed E-state index contributed by atoms with van der Waals surface area (Å²) >= 11 is 0. The van der Waals surface area contributed by atoms with Crippen LogP contribution in [0.1, 0.15) is 29.5 Å². The molecule has 2 amide bonds. The van der Waals surface area contributed by atoms with Crippen LogP contribution in [0.3, 0.4) is 0 Å². The molecule has 0 bridgehead atoms. The van der Waals surface area contributed by atoms with Gasteiger partial charge in [-0.25, -0.2) is 4.79 Å². The van der Waals surface area contributed by atoms with Gasteiger partial charge < -0.3 is 25.6 Å². The van der Waals surface area contributed by atoms with Gasteiger partial charge in [-0.3, -0.25) is 9.59 Å². The van der Waals surface area contributed by atoms with Gasteiger partial charge in [0.1, 0.15) is 24.4 Å². The van der Waals surface area contributed by atoms with E-state index < -0.39 is 30.1 Å². The van der Waals surface area contributed by atoms with Gasteiger partial charge in [0, 0.05) is 12.3 Å². The molecule has 8 heteroatoms. The Balaban J connectivity index is 1.46. The number of carbonyl (C=O) groups excluding carboxylic acids is 2. The number of phenols is 1. The van der Waals surface area contributed by atoms with Gasteiger partial charge in [0.15, 0.2) is 0 Å². The number of amides is 2. The third-order valence-electron chi connectivity index (χ3n) is 6.06. The molecule has 0 heterocycles. The highest BCUT2D eigenvalue weighted by molar-refractivity contribution is 5.89. The molecule has 0 spiro atoms. The molecule has 0 aliphatic heterocycles. The molecule has 3 aromatic rings. The number of carboxylic acid groups (broad SMARTS) is 1. The van der Waals surface area contributed by atoms with Crippen LogP contribution >= 0.6 is 0 Å². The van der Waals surface area contributed by atoms with Crippen LogP contribution in [0.15, 0.2) is 72.8 Å². The molecular weight excluding hydrogens is 448 g/mol. The molecule has 4 rings (SSSR count). The van der Waals surface area contributed by atoms with E-state index in [-0.39, 0.29) is 24.7 Å². The Morgan fingerprint density at radius 1 is 0.886 bits per heavy atom. The van der Waals surface area contributed by atoms with Crippen molar-refractivity contribution in [1.82, 2.24) is 10.6 Å². The fourth-order valence-corrected chi connectivity index (χ4v) is 4.24. The second-order valence-corrected chi connectivity index (χ2v) is 8.46. The summed E-state index contributed by atoms with van der Waals surface area (Å²) < 4.78 is 5.54. The van der Waals surface area contributed by atoms with Gasteiger partial charge in [0.05, 0.1) is 0 Å². The van der Waals surface area contributed by atoms with Crippen molar-refractivity contribution in [3.63, 3.8) is 0 Å². The van der Waals surface area contributed by atoms with E-state index in [4.69, 9.17) is 9.84 Å². The predicted molar refractivity (Wildman–Crippen MR) is 129 cm³/mol. The van der Waals surface area contributed by atoms with E-state index in [1.807, 2.05) is 48.5 Å². The number of fused-ring (bicyclic) bond motifs is 3. The molecule has 2 atom stereocenters. The van der Waals surface area contributed by atoms with E-state index >= 15 is 0 Å². The number of benzene rings is 3.